The number of hydrogen-bond acceptors (Lipinski definition) is 4. The molecule has 0 aliphatic heterocycles. The third-order valence-electron chi connectivity index (χ3n) is 3.21. The number of nitrogens with zero attached hydrogens (tertiary/aromatic N) is 1. The number of benzene rings is 1. The first-order valence-corrected chi connectivity index (χ1v) is 8.17. The van der Waals surface area contributed by atoms with Gasteiger partial charge in [-0.2, -0.15) is 0 Å². The smallest absolute Gasteiger partial charge is 0.258 e. The van der Waals surface area contributed by atoms with E-state index in [0.29, 0.717) is 5.56 Å². The van der Waals surface area contributed by atoms with E-state index in [1.54, 1.807) is 6.07 Å². The van der Waals surface area contributed by atoms with Gasteiger partial charge in [-0.15, -0.1) is 0 Å². The molecule has 2 N–H and O–H groups in total. The molecule has 0 atom stereocenters. The fraction of sp³-hybridized carbons (Fsp3) is 0.267. The zero-order valence-electron chi connectivity index (χ0n) is 11.8. The van der Waals surface area contributed by atoms with E-state index in [4.69, 9.17) is 5.11 Å². The lowest BCUT2D eigenvalue weighted by molar-refractivity contribution is 0.281. The highest BCUT2D eigenvalue weighted by Crippen LogP contribution is 2.12. The number of aliphatic hydroxyl groups excluding tert-OH is 1. The highest BCUT2D eigenvalue weighted by Gasteiger charge is 2.15. The van der Waals surface area contributed by atoms with Gasteiger partial charge in [-0.3, -0.25) is 0 Å². The molecule has 1 aromatic carbocycles. The van der Waals surface area contributed by atoms with Crippen LogP contribution in [0.4, 0.5) is 0 Å². The van der Waals surface area contributed by atoms with Gasteiger partial charge in [0, 0.05) is 12.7 Å². The van der Waals surface area contributed by atoms with Crippen LogP contribution in [0.2, 0.25) is 0 Å². The predicted octanol–water partition coefficient (Wildman–Crippen LogP) is 1.61. The molecule has 0 bridgehead atoms. The Hall–Kier alpha value is -1.76. The summed E-state index contributed by atoms with van der Waals surface area (Å²) in [6.45, 7) is 2.10. The Morgan fingerprint density at radius 3 is 2.43 bits per heavy atom. The van der Waals surface area contributed by atoms with Crippen molar-refractivity contribution in [2.45, 2.75) is 31.5 Å². The van der Waals surface area contributed by atoms with Crippen molar-refractivity contribution in [1.82, 2.24) is 9.71 Å². The molecule has 1 aromatic heterocycles. The molecule has 0 spiro atoms. The SMILES string of the molecule is CCc1ccccc1CNS(=O)(=O)c1ccc(CO)cn1. The minimum atomic E-state index is -3.65. The number of aryl methyl sites for hydroxylation is 1. The molecule has 1 heterocycles. The molecule has 2 aromatic rings. The summed E-state index contributed by atoms with van der Waals surface area (Å²) in [5.74, 6) is 0. The van der Waals surface area contributed by atoms with E-state index in [2.05, 4.69) is 9.71 Å². The number of sulfonamides is 1. The van der Waals surface area contributed by atoms with Gasteiger partial charge >= 0.3 is 0 Å². The van der Waals surface area contributed by atoms with Gasteiger partial charge in [-0.05, 0) is 29.2 Å². The Bertz CT molecular complexity index is 697. The lowest BCUT2D eigenvalue weighted by Gasteiger charge is -2.09. The molecular formula is C15H18N2O3S. The van der Waals surface area contributed by atoms with Crippen LogP contribution in [0.15, 0.2) is 47.6 Å². The number of aliphatic hydroxyl groups is 1. The molecule has 112 valence electrons. The molecular weight excluding hydrogens is 288 g/mol. The monoisotopic (exact) mass is 306 g/mol. The van der Waals surface area contributed by atoms with Crippen LogP contribution in [0.5, 0.6) is 0 Å². The standard InChI is InChI=1S/C15H18N2O3S/c1-2-13-5-3-4-6-14(13)10-17-21(19,20)15-8-7-12(11-18)9-16-15/h3-9,17-18H,2,10-11H2,1H3. The van der Waals surface area contributed by atoms with E-state index < -0.39 is 10.0 Å². The van der Waals surface area contributed by atoms with Crippen LogP contribution in [-0.2, 0) is 29.6 Å². The van der Waals surface area contributed by atoms with Crippen LogP contribution >= 0.6 is 0 Å². The average Bonchev–Trinajstić information content (AvgIpc) is 2.53. The number of pyridine rings is 1. The molecule has 0 amide bonds. The highest BCUT2D eigenvalue weighted by atomic mass is 32.2. The van der Waals surface area contributed by atoms with Crippen molar-refractivity contribution >= 4 is 10.0 Å². The molecule has 0 saturated heterocycles. The van der Waals surface area contributed by atoms with Crippen LogP contribution < -0.4 is 4.72 Å². The summed E-state index contributed by atoms with van der Waals surface area (Å²) >= 11 is 0. The van der Waals surface area contributed by atoms with Gasteiger partial charge in [-0.25, -0.2) is 18.1 Å². The average molecular weight is 306 g/mol. The van der Waals surface area contributed by atoms with E-state index in [-0.39, 0.29) is 18.2 Å². The van der Waals surface area contributed by atoms with Crippen LogP contribution in [0.25, 0.3) is 0 Å². The van der Waals surface area contributed by atoms with Crippen LogP contribution in [-0.4, -0.2) is 18.5 Å². The van der Waals surface area contributed by atoms with Crippen LogP contribution in [0.3, 0.4) is 0 Å². The van der Waals surface area contributed by atoms with Crippen molar-refractivity contribution in [3.8, 4) is 0 Å². The number of nitrogens with one attached hydrogen (secondary N) is 1. The van der Waals surface area contributed by atoms with E-state index in [1.807, 2.05) is 31.2 Å². The molecule has 0 aliphatic carbocycles. The summed E-state index contributed by atoms with van der Waals surface area (Å²) in [5, 5.41) is 8.89. The third kappa shape index (κ3) is 3.87. The Labute approximate surface area is 124 Å². The number of hydrogen-bond donors (Lipinski definition) is 2. The van der Waals surface area contributed by atoms with Crippen LogP contribution in [0, 0.1) is 0 Å². The Kier molecular flexibility index (Phi) is 5.06. The van der Waals surface area contributed by atoms with E-state index in [1.165, 1.54) is 12.3 Å². The maximum absolute atomic E-state index is 12.2. The van der Waals surface area contributed by atoms with E-state index in [0.717, 1.165) is 17.5 Å². The second-order valence-corrected chi connectivity index (χ2v) is 6.32. The quantitative estimate of drug-likeness (QED) is 0.850. The summed E-state index contributed by atoms with van der Waals surface area (Å²) in [6.07, 6.45) is 2.20. The lowest BCUT2D eigenvalue weighted by atomic mass is 10.1. The topological polar surface area (TPSA) is 79.3 Å². The molecule has 0 aliphatic rings. The van der Waals surface area contributed by atoms with Crippen LogP contribution in [0.1, 0.15) is 23.6 Å². The van der Waals surface area contributed by atoms with Gasteiger partial charge in [-0.1, -0.05) is 37.3 Å². The minimum Gasteiger partial charge on any atom is -0.392 e. The third-order valence-corrected chi connectivity index (χ3v) is 4.52. The Balaban J connectivity index is 2.13. The first-order valence-electron chi connectivity index (χ1n) is 6.69. The Morgan fingerprint density at radius 2 is 1.86 bits per heavy atom. The number of aromatic nitrogens is 1. The number of rotatable bonds is 6. The maximum atomic E-state index is 12.2. The summed E-state index contributed by atoms with van der Waals surface area (Å²) < 4.78 is 26.9. The predicted molar refractivity (Wildman–Crippen MR) is 80.0 cm³/mol. The van der Waals surface area contributed by atoms with Crippen molar-refractivity contribution < 1.29 is 13.5 Å². The first-order chi connectivity index (χ1) is 10.1. The maximum Gasteiger partial charge on any atom is 0.258 e. The highest BCUT2D eigenvalue weighted by molar-refractivity contribution is 7.89. The zero-order valence-corrected chi connectivity index (χ0v) is 12.6. The first kappa shape index (κ1) is 15.6. The normalized spacial score (nSPS) is 11.5. The van der Waals surface area contributed by atoms with Crippen molar-refractivity contribution in [2.24, 2.45) is 0 Å². The van der Waals surface area contributed by atoms with Gasteiger partial charge in [0.05, 0.1) is 6.61 Å². The van der Waals surface area contributed by atoms with Crippen molar-refractivity contribution in [2.75, 3.05) is 0 Å². The molecule has 21 heavy (non-hydrogen) atoms. The van der Waals surface area contributed by atoms with Crippen molar-refractivity contribution in [1.29, 1.82) is 0 Å². The van der Waals surface area contributed by atoms with E-state index >= 15 is 0 Å². The zero-order chi connectivity index (χ0) is 15.3. The molecule has 0 fully saturated rings. The molecule has 2 rings (SSSR count). The fourth-order valence-electron chi connectivity index (χ4n) is 1.98. The second kappa shape index (κ2) is 6.80. The fourth-order valence-corrected chi connectivity index (χ4v) is 2.92. The van der Waals surface area contributed by atoms with E-state index in [9.17, 15) is 8.42 Å². The molecule has 0 saturated carbocycles. The largest absolute Gasteiger partial charge is 0.392 e. The van der Waals surface area contributed by atoms with Gasteiger partial charge in [0.25, 0.3) is 10.0 Å². The Morgan fingerprint density at radius 1 is 1.14 bits per heavy atom. The summed E-state index contributed by atoms with van der Waals surface area (Å²) in [4.78, 5) is 3.87. The van der Waals surface area contributed by atoms with Gasteiger partial charge in [0.2, 0.25) is 0 Å². The summed E-state index contributed by atoms with van der Waals surface area (Å²) in [7, 11) is -3.65. The molecule has 0 radical (unpaired) electrons. The van der Waals surface area contributed by atoms with Gasteiger partial charge in [0.15, 0.2) is 5.03 Å². The second-order valence-electron chi connectivity index (χ2n) is 4.61. The summed E-state index contributed by atoms with van der Waals surface area (Å²) in [6, 6.07) is 10.6. The minimum absolute atomic E-state index is 0.0475. The van der Waals surface area contributed by atoms with Crippen molar-refractivity contribution in [3.05, 3.63) is 59.3 Å². The molecule has 6 heteroatoms. The summed E-state index contributed by atoms with van der Waals surface area (Å²) in [5.41, 5.74) is 2.64. The molecule has 5 nitrogen and oxygen atoms in total. The molecule has 0 unspecified atom stereocenters. The van der Waals surface area contributed by atoms with Crippen molar-refractivity contribution in [3.63, 3.8) is 0 Å². The van der Waals surface area contributed by atoms with Gasteiger partial charge in [0.1, 0.15) is 0 Å². The lowest BCUT2D eigenvalue weighted by Crippen LogP contribution is -2.24. The van der Waals surface area contributed by atoms with Gasteiger partial charge < -0.3 is 5.11 Å².